The summed E-state index contributed by atoms with van der Waals surface area (Å²) in [4.78, 5) is 1.83. The first-order valence-electron chi connectivity index (χ1n) is 6.44. The first-order valence-corrected chi connectivity index (χ1v) is 7.26. The van der Waals surface area contributed by atoms with Crippen molar-refractivity contribution in [3.05, 3.63) is 46.8 Å². The first-order chi connectivity index (χ1) is 9.41. The number of hydrogen-bond donors (Lipinski definition) is 1. The molecular formula is C15H16F3NS. The van der Waals surface area contributed by atoms with Crippen molar-refractivity contribution in [1.29, 1.82) is 0 Å². The lowest BCUT2D eigenvalue weighted by Gasteiger charge is -2.08. The van der Waals surface area contributed by atoms with Crippen LogP contribution in [-0.2, 0) is 6.18 Å². The van der Waals surface area contributed by atoms with Crippen LogP contribution in [0.1, 0.15) is 36.2 Å². The molecule has 108 valence electrons. The van der Waals surface area contributed by atoms with E-state index in [-0.39, 0.29) is 6.04 Å². The SMILES string of the molecule is CCCC(N)c1ccc(-c2cccc(C(F)(F)F)c2)s1. The van der Waals surface area contributed by atoms with E-state index in [1.54, 1.807) is 6.07 Å². The van der Waals surface area contributed by atoms with Crippen molar-refractivity contribution in [2.75, 3.05) is 0 Å². The van der Waals surface area contributed by atoms with E-state index in [0.29, 0.717) is 5.56 Å². The van der Waals surface area contributed by atoms with Crippen LogP contribution in [0.5, 0.6) is 0 Å². The van der Waals surface area contributed by atoms with Gasteiger partial charge in [-0.25, -0.2) is 0 Å². The van der Waals surface area contributed by atoms with E-state index < -0.39 is 11.7 Å². The number of thiophene rings is 1. The molecule has 1 nitrogen and oxygen atoms in total. The van der Waals surface area contributed by atoms with Crippen LogP contribution in [0.4, 0.5) is 13.2 Å². The van der Waals surface area contributed by atoms with Gasteiger partial charge in [-0.3, -0.25) is 0 Å². The van der Waals surface area contributed by atoms with Gasteiger partial charge in [-0.1, -0.05) is 25.5 Å². The topological polar surface area (TPSA) is 26.0 Å². The maximum Gasteiger partial charge on any atom is 0.416 e. The van der Waals surface area contributed by atoms with Crippen LogP contribution < -0.4 is 5.73 Å². The largest absolute Gasteiger partial charge is 0.416 e. The Morgan fingerprint density at radius 1 is 1.20 bits per heavy atom. The standard InChI is InChI=1S/C15H16F3NS/c1-2-4-12(19)14-8-7-13(20-14)10-5-3-6-11(9-10)15(16,17)18/h3,5-9,12H,2,4,19H2,1H3. The van der Waals surface area contributed by atoms with Crippen molar-refractivity contribution in [1.82, 2.24) is 0 Å². The number of nitrogens with two attached hydrogens (primary N) is 1. The Labute approximate surface area is 120 Å². The molecule has 20 heavy (non-hydrogen) atoms. The van der Waals surface area contributed by atoms with Gasteiger partial charge in [0, 0.05) is 15.8 Å². The molecule has 5 heteroatoms. The van der Waals surface area contributed by atoms with Gasteiger partial charge in [-0.05, 0) is 36.2 Å². The van der Waals surface area contributed by atoms with Gasteiger partial charge in [0.25, 0.3) is 0 Å². The van der Waals surface area contributed by atoms with Crippen molar-refractivity contribution in [3.63, 3.8) is 0 Å². The molecule has 1 aromatic heterocycles. The van der Waals surface area contributed by atoms with E-state index in [1.807, 2.05) is 12.1 Å². The zero-order chi connectivity index (χ0) is 14.8. The summed E-state index contributed by atoms with van der Waals surface area (Å²) >= 11 is 1.46. The van der Waals surface area contributed by atoms with Crippen molar-refractivity contribution in [2.45, 2.75) is 32.0 Å². The fourth-order valence-corrected chi connectivity index (χ4v) is 3.05. The van der Waals surface area contributed by atoms with Crippen LogP contribution in [0.15, 0.2) is 36.4 Å². The fraction of sp³-hybridized carbons (Fsp3) is 0.333. The molecule has 0 saturated carbocycles. The quantitative estimate of drug-likeness (QED) is 0.821. The third kappa shape index (κ3) is 3.41. The van der Waals surface area contributed by atoms with Gasteiger partial charge in [-0.15, -0.1) is 11.3 Å². The van der Waals surface area contributed by atoms with Gasteiger partial charge in [0.1, 0.15) is 0 Å². The molecule has 2 N–H and O–H groups in total. The monoisotopic (exact) mass is 299 g/mol. The Morgan fingerprint density at radius 3 is 2.60 bits per heavy atom. The minimum Gasteiger partial charge on any atom is -0.323 e. The second-order valence-electron chi connectivity index (χ2n) is 4.68. The van der Waals surface area contributed by atoms with E-state index >= 15 is 0 Å². The van der Waals surface area contributed by atoms with Crippen LogP contribution in [0.2, 0.25) is 0 Å². The summed E-state index contributed by atoms with van der Waals surface area (Å²) in [6.45, 7) is 2.06. The number of rotatable bonds is 4. The summed E-state index contributed by atoms with van der Waals surface area (Å²) in [5.74, 6) is 0. The zero-order valence-electron chi connectivity index (χ0n) is 11.1. The highest BCUT2D eigenvalue weighted by atomic mass is 32.1. The molecule has 2 rings (SSSR count). The molecular weight excluding hydrogens is 283 g/mol. The lowest BCUT2D eigenvalue weighted by molar-refractivity contribution is -0.137. The highest BCUT2D eigenvalue weighted by molar-refractivity contribution is 7.15. The molecule has 1 heterocycles. The second-order valence-corrected chi connectivity index (χ2v) is 5.79. The van der Waals surface area contributed by atoms with Crippen LogP contribution in [-0.4, -0.2) is 0 Å². The second kappa shape index (κ2) is 5.97. The third-order valence-corrected chi connectivity index (χ3v) is 4.33. The van der Waals surface area contributed by atoms with E-state index in [2.05, 4.69) is 6.92 Å². The van der Waals surface area contributed by atoms with Crippen LogP contribution >= 0.6 is 11.3 Å². The Balaban J connectivity index is 2.28. The Bertz CT molecular complexity index is 574. The van der Waals surface area contributed by atoms with E-state index in [9.17, 15) is 13.2 Å². The molecule has 0 saturated heterocycles. The molecule has 0 aliphatic carbocycles. The number of benzene rings is 1. The number of hydrogen-bond acceptors (Lipinski definition) is 2. The lowest BCUT2D eigenvalue weighted by Crippen LogP contribution is -2.07. The smallest absolute Gasteiger partial charge is 0.323 e. The number of halogens is 3. The summed E-state index contributed by atoms with van der Waals surface area (Å²) in [5.41, 5.74) is 5.99. The summed E-state index contributed by atoms with van der Waals surface area (Å²) in [7, 11) is 0. The molecule has 0 bridgehead atoms. The molecule has 1 aromatic carbocycles. The fourth-order valence-electron chi connectivity index (χ4n) is 2.01. The molecule has 0 aliphatic heterocycles. The molecule has 0 radical (unpaired) electrons. The van der Waals surface area contributed by atoms with Crippen molar-refractivity contribution >= 4 is 11.3 Å². The van der Waals surface area contributed by atoms with Gasteiger partial charge < -0.3 is 5.73 Å². The molecule has 0 fully saturated rings. The van der Waals surface area contributed by atoms with E-state index in [1.165, 1.54) is 23.5 Å². The minimum atomic E-state index is -4.31. The van der Waals surface area contributed by atoms with Crippen molar-refractivity contribution in [2.24, 2.45) is 5.73 Å². The van der Waals surface area contributed by atoms with Gasteiger partial charge in [0.05, 0.1) is 5.56 Å². The average Bonchev–Trinajstić information content (AvgIpc) is 2.88. The van der Waals surface area contributed by atoms with Gasteiger partial charge in [0.15, 0.2) is 0 Å². The Hall–Kier alpha value is -1.33. The molecule has 1 atom stereocenters. The molecule has 1 unspecified atom stereocenters. The van der Waals surface area contributed by atoms with E-state index in [4.69, 9.17) is 5.73 Å². The molecule has 0 aliphatic rings. The zero-order valence-corrected chi connectivity index (χ0v) is 11.9. The Morgan fingerprint density at radius 2 is 1.95 bits per heavy atom. The van der Waals surface area contributed by atoms with Crippen molar-refractivity contribution in [3.8, 4) is 10.4 Å². The maximum atomic E-state index is 12.7. The average molecular weight is 299 g/mol. The molecule has 0 amide bonds. The summed E-state index contributed by atoms with van der Waals surface area (Å²) in [5, 5.41) is 0. The lowest BCUT2D eigenvalue weighted by atomic mass is 10.1. The predicted octanol–water partition coefficient (Wildman–Crippen LogP) is 5.23. The maximum absolute atomic E-state index is 12.7. The van der Waals surface area contributed by atoms with Crippen LogP contribution in [0, 0.1) is 0 Å². The van der Waals surface area contributed by atoms with Gasteiger partial charge >= 0.3 is 6.18 Å². The summed E-state index contributed by atoms with van der Waals surface area (Å²) in [6.07, 6.45) is -2.45. The van der Waals surface area contributed by atoms with Crippen LogP contribution in [0.3, 0.4) is 0 Å². The van der Waals surface area contributed by atoms with Gasteiger partial charge in [-0.2, -0.15) is 13.2 Å². The molecule has 0 spiro atoms. The van der Waals surface area contributed by atoms with E-state index in [0.717, 1.165) is 28.7 Å². The third-order valence-electron chi connectivity index (χ3n) is 3.07. The summed E-state index contributed by atoms with van der Waals surface area (Å²) in [6, 6.07) is 9.09. The first kappa shape index (κ1) is 15.1. The predicted molar refractivity (Wildman–Crippen MR) is 76.6 cm³/mol. The Kier molecular flexibility index (Phi) is 4.50. The highest BCUT2D eigenvalue weighted by Gasteiger charge is 2.30. The van der Waals surface area contributed by atoms with Crippen LogP contribution in [0.25, 0.3) is 10.4 Å². The summed E-state index contributed by atoms with van der Waals surface area (Å²) < 4.78 is 38.1. The minimum absolute atomic E-state index is 0.0375. The van der Waals surface area contributed by atoms with Crippen molar-refractivity contribution < 1.29 is 13.2 Å². The normalized spacial score (nSPS) is 13.4. The number of alkyl halides is 3. The molecule has 2 aromatic rings. The van der Waals surface area contributed by atoms with Gasteiger partial charge in [0.2, 0.25) is 0 Å². The highest BCUT2D eigenvalue weighted by Crippen LogP contribution is 2.35.